The van der Waals surface area contributed by atoms with Gasteiger partial charge in [0.1, 0.15) is 11.5 Å². The van der Waals surface area contributed by atoms with Gasteiger partial charge < -0.3 is 20.3 Å². The molecular weight excluding hydrogens is 206 g/mol. The lowest BCUT2D eigenvalue weighted by Crippen LogP contribution is -2.21. The van der Waals surface area contributed by atoms with Crippen LogP contribution < -0.4 is 15.2 Å². The Morgan fingerprint density at radius 2 is 1.75 bits per heavy atom. The normalized spacial score (nSPS) is 12.2. The molecule has 0 aliphatic carbocycles. The molecule has 4 heteroatoms. The number of nitrogens with two attached hydrogens (primary N) is 1. The minimum absolute atomic E-state index is 0.270. The standard InChI is InChI=1S/C12H19NO3/c1-2-15-11-3-5-12(6-4-11)16-8-7-10(14)9-13/h3-6,10,14H,2,7-9,13H2,1H3. The minimum Gasteiger partial charge on any atom is -0.494 e. The van der Waals surface area contributed by atoms with Crippen LogP contribution in [-0.2, 0) is 0 Å². The van der Waals surface area contributed by atoms with Crippen LogP contribution in [0.5, 0.6) is 11.5 Å². The summed E-state index contributed by atoms with van der Waals surface area (Å²) in [4.78, 5) is 0. The summed E-state index contributed by atoms with van der Waals surface area (Å²) in [7, 11) is 0. The number of ether oxygens (including phenoxy) is 2. The van der Waals surface area contributed by atoms with E-state index in [4.69, 9.17) is 15.2 Å². The molecule has 0 heterocycles. The summed E-state index contributed by atoms with van der Waals surface area (Å²) in [6, 6.07) is 7.41. The predicted molar refractivity (Wildman–Crippen MR) is 62.8 cm³/mol. The maximum atomic E-state index is 9.23. The molecule has 0 radical (unpaired) electrons. The maximum Gasteiger partial charge on any atom is 0.119 e. The first-order valence-corrected chi connectivity index (χ1v) is 5.50. The monoisotopic (exact) mass is 225 g/mol. The molecule has 0 fully saturated rings. The van der Waals surface area contributed by atoms with Crippen molar-refractivity contribution in [3.63, 3.8) is 0 Å². The van der Waals surface area contributed by atoms with Gasteiger partial charge in [-0.3, -0.25) is 0 Å². The molecule has 0 aliphatic rings. The van der Waals surface area contributed by atoms with Gasteiger partial charge in [-0.1, -0.05) is 0 Å². The third-order valence-electron chi connectivity index (χ3n) is 2.13. The topological polar surface area (TPSA) is 64.7 Å². The van der Waals surface area contributed by atoms with Crippen molar-refractivity contribution in [2.75, 3.05) is 19.8 Å². The Hall–Kier alpha value is -1.26. The Kier molecular flexibility index (Phi) is 5.67. The molecule has 0 saturated heterocycles. The molecule has 0 aromatic heterocycles. The molecule has 1 rings (SSSR count). The second-order valence-corrected chi connectivity index (χ2v) is 3.43. The third-order valence-corrected chi connectivity index (χ3v) is 2.13. The van der Waals surface area contributed by atoms with Gasteiger partial charge in [-0.05, 0) is 31.2 Å². The van der Waals surface area contributed by atoms with Gasteiger partial charge in [0.25, 0.3) is 0 Å². The average Bonchev–Trinajstić information content (AvgIpc) is 2.31. The van der Waals surface area contributed by atoms with E-state index in [2.05, 4.69) is 0 Å². The minimum atomic E-state index is -0.484. The SMILES string of the molecule is CCOc1ccc(OCCC(O)CN)cc1. The summed E-state index contributed by atoms with van der Waals surface area (Å²) < 4.78 is 10.7. The first-order chi connectivity index (χ1) is 7.76. The zero-order valence-corrected chi connectivity index (χ0v) is 9.56. The summed E-state index contributed by atoms with van der Waals surface area (Å²) in [5, 5.41) is 9.23. The molecule has 1 aromatic rings. The van der Waals surface area contributed by atoms with Crippen molar-refractivity contribution in [1.29, 1.82) is 0 Å². The van der Waals surface area contributed by atoms with Crippen molar-refractivity contribution in [3.05, 3.63) is 24.3 Å². The predicted octanol–water partition coefficient (Wildman–Crippen LogP) is 1.17. The van der Waals surface area contributed by atoms with Gasteiger partial charge in [0.15, 0.2) is 0 Å². The van der Waals surface area contributed by atoms with Gasteiger partial charge >= 0.3 is 0 Å². The molecular formula is C12H19NO3. The molecule has 3 N–H and O–H groups in total. The number of benzene rings is 1. The molecule has 16 heavy (non-hydrogen) atoms. The number of aliphatic hydroxyl groups is 1. The summed E-state index contributed by atoms with van der Waals surface area (Å²) in [6.07, 6.45) is 0.0617. The van der Waals surface area contributed by atoms with Gasteiger partial charge in [-0.15, -0.1) is 0 Å². The quantitative estimate of drug-likeness (QED) is 0.731. The fraction of sp³-hybridized carbons (Fsp3) is 0.500. The van der Waals surface area contributed by atoms with Gasteiger partial charge in [-0.25, -0.2) is 0 Å². The van der Waals surface area contributed by atoms with E-state index in [0.29, 0.717) is 19.6 Å². The molecule has 90 valence electrons. The first kappa shape index (κ1) is 12.8. The molecule has 0 aliphatic heterocycles. The average molecular weight is 225 g/mol. The Labute approximate surface area is 96.0 Å². The molecule has 0 spiro atoms. The van der Waals surface area contributed by atoms with Gasteiger partial charge in [0.2, 0.25) is 0 Å². The second kappa shape index (κ2) is 7.09. The van der Waals surface area contributed by atoms with Crippen LogP contribution in [0.25, 0.3) is 0 Å². The highest BCUT2D eigenvalue weighted by atomic mass is 16.5. The molecule has 0 amide bonds. The summed E-state index contributed by atoms with van der Waals surface area (Å²) in [5.74, 6) is 1.60. The van der Waals surface area contributed by atoms with Crippen molar-refractivity contribution < 1.29 is 14.6 Å². The Bertz CT molecular complexity index is 287. The van der Waals surface area contributed by atoms with E-state index in [1.165, 1.54) is 0 Å². The number of hydrogen-bond acceptors (Lipinski definition) is 4. The van der Waals surface area contributed by atoms with Crippen LogP contribution in [0.3, 0.4) is 0 Å². The van der Waals surface area contributed by atoms with Crippen LogP contribution >= 0.6 is 0 Å². The van der Waals surface area contributed by atoms with Crippen molar-refractivity contribution in [1.82, 2.24) is 0 Å². The molecule has 1 unspecified atom stereocenters. The lowest BCUT2D eigenvalue weighted by molar-refractivity contribution is 0.146. The van der Waals surface area contributed by atoms with E-state index in [0.717, 1.165) is 11.5 Å². The Morgan fingerprint density at radius 1 is 1.19 bits per heavy atom. The summed E-state index contributed by atoms with van der Waals surface area (Å²) >= 11 is 0. The van der Waals surface area contributed by atoms with Crippen molar-refractivity contribution >= 4 is 0 Å². The van der Waals surface area contributed by atoms with Crippen molar-refractivity contribution in [2.24, 2.45) is 5.73 Å². The lowest BCUT2D eigenvalue weighted by Gasteiger charge is -2.10. The van der Waals surface area contributed by atoms with Crippen LogP contribution in [0.15, 0.2) is 24.3 Å². The van der Waals surface area contributed by atoms with Crippen molar-refractivity contribution in [2.45, 2.75) is 19.4 Å². The smallest absolute Gasteiger partial charge is 0.119 e. The highest BCUT2D eigenvalue weighted by Gasteiger charge is 2.01. The lowest BCUT2D eigenvalue weighted by atomic mass is 10.3. The van der Waals surface area contributed by atoms with E-state index in [1.807, 2.05) is 31.2 Å². The zero-order chi connectivity index (χ0) is 11.8. The molecule has 0 saturated carbocycles. The molecule has 1 atom stereocenters. The van der Waals surface area contributed by atoms with Gasteiger partial charge in [-0.2, -0.15) is 0 Å². The number of aliphatic hydroxyl groups excluding tert-OH is 1. The summed E-state index contributed by atoms with van der Waals surface area (Å²) in [6.45, 7) is 3.33. The van der Waals surface area contributed by atoms with Crippen LogP contribution in [-0.4, -0.2) is 31.0 Å². The fourth-order valence-corrected chi connectivity index (χ4v) is 1.23. The van der Waals surface area contributed by atoms with Gasteiger partial charge in [0, 0.05) is 13.0 Å². The first-order valence-electron chi connectivity index (χ1n) is 5.50. The van der Waals surface area contributed by atoms with Crippen LogP contribution in [0, 0.1) is 0 Å². The molecule has 0 bridgehead atoms. The highest BCUT2D eigenvalue weighted by molar-refractivity contribution is 5.31. The van der Waals surface area contributed by atoms with E-state index < -0.39 is 6.10 Å². The fourth-order valence-electron chi connectivity index (χ4n) is 1.23. The highest BCUT2D eigenvalue weighted by Crippen LogP contribution is 2.17. The Balaban J connectivity index is 2.31. The Morgan fingerprint density at radius 3 is 2.25 bits per heavy atom. The summed E-state index contributed by atoms with van der Waals surface area (Å²) in [5.41, 5.74) is 5.28. The largest absolute Gasteiger partial charge is 0.494 e. The van der Waals surface area contributed by atoms with E-state index in [1.54, 1.807) is 0 Å². The van der Waals surface area contributed by atoms with Crippen LogP contribution in [0.1, 0.15) is 13.3 Å². The van der Waals surface area contributed by atoms with Crippen molar-refractivity contribution in [3.8, 4) is 11.5 Å². The maximum absolute atomic E-state index is 9.23. The van der Waals surface area contributed by atoms with E-state index >= 15 is 0 Å². The molecule has 4 nitrogen and oxygen atoms in total. The van der Waals surface area contributed by atoms with Gasteiger partial charge in [0.05, 0.1) is 19.3 Å². The molecule has 1 aromatic carbocycles. The second-order valence-electron chi connectivity index (χ2n) is 3.43. The van der Waals surface area contributed by atoms with Crippen LogP contribution in [0.4, 0.5) is 0 Å². The zero-order valence-electron chi connectivity index (χ0n) is 9.56. The third kappa shape index (κ3) is 4.51. The van der Waals surface area contributed by atoms with E-state index in [9.17, 15) is 5.11 Å². The van der Waals surface area contributed by atoms with E-state index in [-0.39, 0.29) is 6.54 Å². The number of rotatable bonds is 7. The van der Waals surface area contributed by atoms with Crippen LogP contribution in [0.2, 0.25) is 0 Å². The number of hydrogen-bond donors (Lipinski definition) is 2.